The van der Waals surface area contributed by atoms with E-state index in [1.165, 1.54) is 37.7 Å². The van der Waals surface area contributed by atoms with Crippen LogP contribution in [0, 0.1) is 5.92 Å². The lowest BCUT2D eigenvalue weighted by Crippen LogP contribution is -2.22. The van der Waals surface area contributed by atoms with Crippen LogP contribution in [0.3, 0.4) is 0 Å². The molecule has 0 saturated heterocycles. The summed E-state index contributed by atoms with van der Waals surface area (Å²) in [6, 6.07) is 5.85. The average Bonchev–Trinajstić information content (AvgIpc) is 2.48. The minimum atomic E-state index is 0.631. The molecule has 0 spiro atoms. The number of benzene rings is 1. The lowest BCUT2D eigenvalue weighted by atomic mass is 9.83. The maximum absolute atomic E-state index is 6.31. The van der Waals surface area contributed by atoms with Crippen LogP contribution in [0.15, 0.2) is 23.8 Å². The molecule has 1 aliphatic carbocycles. The fourth-order valence-corrected chi connectivity index (χ4v) is 3.25. The molecular weight excluding hydrogens is 289 g/mol. The van der Waals surface area contributed by atoms with E-state index >= 15 is 0 Å². The molecule has 1 nitrogen and oxygen atoms in total. The van der Waals surface area contributed by atoms with E-state index in [0.29, 0.717) is 16.0 Å². The van der Waals surface area contributed by atoms with Gasteiger partial charge in [0.05, 0.1) is 10.0 Å². The first kappa shape index (κ1) is 15.9. The van der Waals surface area contributed by atoms with Crippen molar-refractivity contribution in [1.29, 1.82) is 0 Å². The Balaban J connectivity index is 2.24. The smallest absolute Gasteiger partial charge is 0.0664 e. The summed E-state index contributed by atoms with van der Waals surface area (Å²) >= 11 is 12.4. The fourth-order valence-electron chi connectivity index (χ4n) is 2.89. The zero-order valence-electron chi connectivity index (χ0n) is 12.1. The Morgan fingerprint density at radius 1 is 1.25 bits per heavy atom. The molecule has 0 aliphatic heterocycles. The van der Waals surface area contributed by atoms with Crippen molar-refractivity contribution >= 4 is 29.3 Å². The van der Waals surface area contributed by atoms with Gasteiger partial charge in [0.1, 0.15) is 0 Å². The molecule has 0 bridgehead atoms. The monoisotopic (exact) mass is 311 g/mol. The third-order valence-corrected chi connectivity index (χ3v) is 4.86. The van der Waals surface area contributed by atoms with Crippen LogP contribution in [-0.2, 0) is 0 Å². The van der Waals surface area contributed by atoms with Crippen molar-refractivity contribution in [3.8, 4) is 0 Å². The Morgan fingerprint density at radius 3 is 2.70 bits per heavy atom. The van der Waals surface area contributed by atoms with Crippen LogP contribution >= 0.6 is 23.2 Å². The van der Waals surface area contributed by atoms with E-state index in [1.54, 1.807) is 0 Å². The first-order chi connectivity index (χ1) is 9.72. The number of nitrogens with one attached hydrogen (secondary N) is 1. The van der Waals surface area contributed by atoms with Gasteiger partial charge in [-0.25, -0.2) is 0 Å². The molecule has 0 aromatic heterocycles. The van der Waals surface area contributed by atoms with Gasteiger partial charge < -0.3 is 5.32 Å². The third kappa shape index (κ3) is 4.25. The summed E-state index contributed by atoms with van der Waals surface area (Å²) in [7, 11) is 0. The number of rotatable bonds is 5. The van der Waals surface area contributed by atoms with Crippen LogP contribution in [0.1, 0.15) is 44.6 Å². The molecule has 1 aromatic rings. The van der Waals surface area contributed by atoms with Crippen molar-refractivity contribution in [2.75, 3.05) is 13.1 Å². The van der Waals surface area contributed by atoms with Gasteiger partial charge in [-0.15, -0.1) is 0 Å². The van der Waals surface area contributed by atoms with Gasteiger partial charge in [-0.05, 0) is 36.9 Å². The summed E-state index contributed by atoms with van der Waals surface area (Å²) in [6.45, 7) is 4.09. The van der Waals surface area contributed by atoms with E-state index in [9.17, 15) is 0 Å². The van der Waals surface area contributed by atoms with Crippen LogP contribution in [0.4, 0.5) is 0 Å². The zero-order valence-corrected chi connectivity index (χ0v) is 13.6. The van der Waals surface area contributed by atoms with Crippen LogP contribution in [0.2, 0.25) is 10.0 Å². The van der Waals surface area contributed by atoms with Gasteiger partial charge >= 0.3 is 0 Å². The van der Waals surface area contributed by atoms with Crippen molar-refractivity contribution in [2.24, 2.45) is 5.92 Å². The van der Waals surface area contributed by atoms with E-state index < -0.39 is 0 Å². The van der Waals surface area contributed by atoms with Crippen LogP contribution in [-0.4, -0.2) is 13.1 Å². The summed E-state index contributed by atoms with van der Waals surface area (Å²) in [5, 5.41) is 4.75. The number of halogens is 2. The molecule has 0 heterocycles. The quantitative estimate of drug-likeness (QED) is 0.750. The lowest BCUT2D eigenvalue weighted by molar-refractivity contribution is 0.397. The topological polar surface area (TPSA) is 12.0 Å². The minimum Gasteiger partial charge on any atom is -0.313 e. The van der Waals surface area contributed by atoms with Gasteiger partial charge in [0.25, 0.3) is 0 Å². The molecule has 1 saturated carbocycles. The maximum Gasteiger partial charge on any atom is 0.0664 e. The molecular formula is C17H23Cl2N. The van der Waals surface area contributed by atoms with Gasteiger partial charge in [0.2, 0.25) is 0 Å². The summed E-state index contributed by atoms with van der Waals surface area (Å²) in [5.41, 5.74) is 2.51. The molecule has 0 atom stereocenters. The van der Waals surface area contributed by atoms with Crippen molar-refractivity contribution < 1.29 is 0 Å². The van der Waals surface area contributed by atoms with Crippen LogP contribution < -0.4 is 5.32 Å². The van der Waals surface area contributed by atoms with Gasteiger partial charge in [-0.2, -0.15) is 0 Å². The molecule has 110 valence electrons. The van der Waals surface area contributed by atoms with Gasteiger partial charge in [0, 0.05) is 6.54 Å². The number of likely N-dealkylation sites (N-methyl/N-ethyl adjacent to an activating group) is 1. The van der Waals surface area contributed by atoms with E-state index in [1.807, 2.05) is 18.2 Å². The molecule has 0 amide bonds. The van der Waals surface area contributed by atoms with E-state index in [-0.39, 0.29) is 0 Å². The standard InChI is InChI=1S/C17H23Cl2N/c1-2-20-12-15(13-7-4-3-5-8-13)11-14-9-6-10-16(18)17(14)19/h6,9-11,13,20H,2-5,7-8,12H2,1H3/b15-11-. The van der Waals surface area contributed by atoms with Crippen molar-refractivity contribution in [2.45, 2.75) is 39.0 Å². The molecule has 3 heteroatoms. The predicted molar refractivity (Wildman–Crippen MR) is 89.6 cm³/mol. The highest BCUT2D eigenvalue weighted by atomic mass is 35.5. The van der Waals surface area contributed by atoms with Crippen LogP contribution in [0.5, 0.6) is 0 Å². The van der Waals surface area contributed by atoms with Gasteiger partial charge in [-0.1, -0.05) is 73.2 Å². The summed E-state index contributed by atoms with van der Waals surface area (Å²) < 4.78 is 0. The van der Waals surface area contributed by atoms with E-state index in [4.69, 9.17) is 23.2 Å². The lowest BCUT2D eigenvalue weighted by Gasteiger charge is -2.25. The highest BCUT2D eigenvalue weighted by Crippen LogP contribution is 2.33. The van der Waals surface area contributed by atoms with Crippen molar-refractivity contribution in [3.63, 3.8) is 0 Å². The van der Waals surface area contributed by atoms with Crippen molar-refractivity contribution in [3.05, 3.63) is 39.4 Å². The van der Waals surface area contributed by atoms with Crippen molar-refractivity contribution in [1.82, 2.24) is 5.32 Å². The second-order valence-corrected chi connectivity index (χ2v) is 6.26. The normalized spacial score (nSPS) is 17.4. The highest BCUT2D eigenvalue weighted by molar-refractivity contribution is 6.42. The minimum absolute atomic E-state index is 0.631. The highest BCUT2D eigenvalue weighted by Gasteiger charge is 2.18. The predicted octanol–water partition coefficient (Wildman–Crippen LogP) is 5.57. The van der Waals surface area contributed by atoms with E-state index in [2.05, 4.69) is 18.3 Å². The maximum atomic E-state index is 6.31. The zero-order chi connectivity index (χ0) is 14.4. The van der Waals surface area contributed by atoms with Gasteiger partial charge in [-0.3, -0.25) is 0 Å². The Labute approximate surface area is 132 Å². The molecule has 2 rings (SSSR count). The summed E-state index contributed by atoms with van der Waals surface area (Å²) in [5.74, 6) is 0.692. The molecule has 0 unspecified atom stereocenters. The number of hydrogen-bond donors (Lipinski definition) is 1. The molecule has 1 aromatic carbocycles. The Bertz CT molecular complexity index is 462. The largest absolute Gasteiger partial charge is 0.313 e. The second-order valence-electron chi connectivity index (χ2n) is 5.48. The molecule has 1 N–H and O–H groups in total. The van der Waals surface area contributed by atoms with E-state index in [0.717, 1.165) is 18.7 Å². The number of hydrogen-bond acceptors (Lipinski definition) is 1. The first-order valence-electron chi connectivity index (χ1n) is 7.57. The Hall–Kier alpha value is -0.500. The second kappa shape index (κ2) is 8.07. The molecule has 1 fully saturated rings. The first-order valence-corrected chi connectivity index (χ1v) is 8.33. The summed E-state index contributed by atoms with van der Waals surface area (Å²) in [4.78, 5) is 0. The van der Waals surface area contributed by atoms with Gasteiger partial charge in [0.15, 0.2) is 0 Å². The molecule has 1 aliphatic rings. The molecule has 0 radical (unpaired) electrons. The SMILES string of the molecule is CCNC/C(=C/c1cccc(Cl)c1Cl)C1CCCCC1. The van der Waals surface area contributed by atoms with Crippen LogP contribution in [0.25, 0.3) is 6.08 Å². The third-order valence-electron chi connectivity index (χ3n) is 4.03. The molecule has 20 heavy (non-hydrogen) atoms. The Kier molecular flexibility index (Phi) is 6.41. The summed E-state index contributed by atoms with van der Waals surface area (Å²) in [6.07, 6.45) is 8.91. The Morgan fingerprint density at radius 2 is 2.00 bits per heavy atom. The average molecular weight is 312 g/mol. The fraction of sp³-hybridized carbons (Fsp3) is 0.529.